The van der Waals surface area contributed by atoms with Gasteiger partial charge in [0.2, 0.25) is 15.9 Å². The topological polar surface area (TPSA) is 66.5 Å². The van der Waals surface area contributed by atoms with Crippen LogP contribution in [0.25, 0.3) is 0 Å². The van der Waals surface area contributed by atoms with E-state index in [0.717, 1.165) is 24.8 Å². The lowest BCUT2D eigenvalue weighted by Crippen LogP contribution is -2.35. The number of sulfonamides is 1. The zero-order valence-electron chi connectivity index (χ0n) is 16.1. The van der Waals surface area contributed by atoms with Crippen molar-refractivity contribution in [2.24, 2.45) is 0 Å². The van der Waals surface area contributed by atoms with E-state index in [0.29, 0.717) is 18.5 Å². The largest absolute Gasteiger partial charge is 0.325 e. The normalized spacial score (nSPS) is 18.5. The number of aryl methyl sites for hydroxylation is 1. The first-order chi connectivity index (χ1) is 13.3. The van der Waals surface area contributed by atoms with Crippen molar-refractivity contribution in [1.29, 1.82) is 0 Å². The molecule has 7 heteroatoms. The number of hydrogen-bond donors (Lipinski definition) is 1. The van der Waals surface area contributed by atoms with Crippen molar-refractivity contribution in [3.8, 4) is 0 Å². The minimum atomic E-state index is -3.90. The number of amides is 1. The molecule has 1 heterocycles. The van der Waals surface area contributed by atoms with Crippen molar-refractivity contribution in [3.63, 3.8) is 0 Å². The summed E-state index contributed by atoms with van der Waals surface area (Å²) in [6.07, 6.45) is 3.17. The Hall–Kier alpha value is -2.25. The van der Waals surface area contributed by atoms with Gasteiger partial charge in [0.25, 0.3) is 0 Å². The summed E-state index contributed by atoms with van der Waals surface area (Å²) in [6, 6.07) is 10.7. The fourth-order valence-electron chi connectivity index (χ4n) is 3.68. The van der Waals surface area contributed by atoms with E-state index in [4.69, 9.17) is 0 Å². The third-order valence-corrected chi connectivity index (χ3v) is 6.92. The summed E-state index contributed by atoms with van der Waals surface area (Å²) in [4.78, 5) is 11.6. The molecular weight excluding hydrogens is 379 g/mol. The lowest BCUT2D eigenvalue weighted by Gasteiger charge is -2.30. The SMILES string of the molecule is CC(=O)Nc1ccc(C)cc1S(=O)(=O)N1CCCCC[C@H]1c1cccc(F)c1. The molecule has 1 atom stereocenters. The zero-order valence-corrected chi connectivity index (χ0v) is 16.9. The average Bonchev–Trinajstić information content (AvgIpc) is 2.89. The number of carbonyl (C=O) groups excluding carboxylic acids is 1. The summed E-state index contributed by atoms with van der Waals surface area (Å²) < 4.78 is 42.6. The molecule has 0 bridgehead atoms. The van der Waals surface area contributed by atoms with Crippen molar-refractivity contribution < 1.29 is 17.6 Å². The van der Waals surface area contributed by atoms with Gasteiger partial charge in [0, 0.05) is 13.5 Å². The molecule has 1 fully saturated rings. The first-order valence-electron chi connectivity index (χ1n) is 9.44. The number of halogens is 1. The second-order valence-corrected chi connectivity index (χ2v) is 9.08. The van der Waals surface area contributed by atoms with Crippen molar-refractivity contribution >= 4 is 21.6 Å². The van der Waals surface area contributed by atoms with E-state index >= 15 is 0 Å². The fraction of sp³-hybridized carbons (Fsp3) is 0.381. The Morgan fingerprint density at radius 1 is 1.14 bits per heavy atom. The zero-order chi connectivity index (χ0) is 20.3. The van der Waals surface area contributed by atoms with Crippen LogP contribution in [0.3, 0.4) is 0 Å². The van der Waals surface area contributed by atoms with E-state index < -0.39 is 16.1 Å². The highest BCUT2D eigenvalue weighted by molar-refractivity contribution is 7.89. The number of benzene rings is 2. The van der Waals surface area contributed by atoms with Gasteiger partial charge in [0.05, 0.1) is 11.7 Å². The van der Waals surface area contributed by atoms with Crippen LogP contribution < -0.4 is 5.32 Å². The quantitative estimate of drug-likeness (QED) is 0.821. The highest BCUT2D eigenvalue weighted by Crippen LogP contribution is 2.37. The van der Waals surface area contributed by atoms with E-state index in [1.165, 1.54) is 23.4 Å². The Morgan fingerprint density at radius 3 is 2.64 bits per heavy atom. The second kappa shape index (κ2) is 8.41. The third kappa shape index (κ3) is 4.42. The Balaban J connectivity index is 2.10. The monoisotopic (exact) mass is 404 g/mol. The van der Waals surface area contributed by atoms with Crippen LogP contribution in [0, 0.1) is 12.7 Å². The molecule has 5 nitrogen and oxygen atoms in total. The van der Waals surface area contributed by atoms with Crippen LogP contribution in [0.2, 0.25) is 0 Å². The van der Waals surface area contributed by atoms with Gasteiger partial charge in [-0.3, -0.25) is 4.79 Å². The number of rotatable bonds is 4. The van der Waals surface area contributed by atoms with E-state index in [1.54, 1.807) is 30.3 Å². The maximum atomic E-state index is 13.8. The molecule has 0 aromatic heterocycles. The molecule has 0 spiro atoms. The highest BCUT2D eigenvalue weighted by atomic mass is 32.2. The van der Waals surface area contributed by atoms with Crippen LogP contribution in [0.1, 0.15) is 49.8 Å². The van der Waals surface area contributed by atoms with Crippen LogP contribution in [-0.2, 0) is 14.8 Å². The van der Waals surface area contributed by atoms with Crippen molar-refractivity contribution in [3.05, 3.63) is 59.4 Å². The smallest absolute Gasteiger partial charge is 0.245 e. The summed E-state index contributed by atoms with van der Waals surface area (Å²) in [5.41, 5.74) is 1.70. The first-order valence-corrected chi connectivity index (χ1v) is 10.9. The molecule has 1 N–H and O–H groups in total. The van der Waals surface area contributed by atoms with E-state index in [1.807, 2.05) is 6.92 Å². The number of anilines is 1. The van der Waals surface area contributed by atoms with Gasteiger partial charge in [0.15, 0.2) is 0 Å². The number of carbonyl (C=O) groups is 1. The van der Waals surface area contributed by atoms with E-state index in [-0.39, 0.29) is 22.3 Å². The lowest BCUT2D eigenvalue weighted by molar-refractivity contribution is -0.114. The van der Waals surface area contributed by atoms with E-state index in [9.17, 15) is 17.6 Å². The molecule has 3 rings (SSSR count). The molecule has 1 aliphatic heterocycles. The Labute approximate surface area is 165 Å². The molecule has 1 amide bonds. The maximum Gasteiger partial charge on any atom is 0.245 e. The molecule has 0 saturated carbocycles. The number of nitrogens with zero attached hydrogens (tertiary/aromatic N) is 1. The molecule has 28 heavy (non-hydrogen) atoms. The van der Waals surface area contributed by atoms with Gasteiger partial charge in [0.1, 0.15) is 10.7 Å². The van der Waals surface area contributed by atoms with Gasteiger partial charge < -0.3 is 5.32 Å². The van der Waals surface area contributed by atoms with Crippen molar-refractivity contribution in [2.45, 2.75) is 50.5 Å². The fourth-order valence-corrected chi connectivity index (χ4v) is 5.59. The molecule has 150 valence electrons. The molecule has 2 aromatic rings. The van der Waals surface area contributed by atoms with Gasteiger partial charge in [-0.1, -0.05) is 31.0 Å². The maximum absolute atomic E-state index is 13.8. The van der Waals surface area contributed by atoms with Crippen LogP contribution in [0.4, 0.5) is 10.1 Å². The molecule has 2 aromatic carbocycles. The number of nitrogens with one attached hydrogen (secondary N) is 1. The molecule has 1 aliphatic rings. The highest BCUT2D eigenvalue weighted by Gasteiger charge is 2.35. The predicted molar refractivity (Wildman–Crippen MR) is 107 cm³/mol. The molecular formula is C21H25FN2O3S. The van der Waals surface area contributed by atoms with Crippen LogP contribution in [0.5, 0.6) is 0 Å². The summed E-state index contributed by atoms with van der Waals surface area (Å²) >= 11 is 0. The average molecular weight is 405 g/mol. The van der Waals surface area contributed by atoms with E-state index in [2.05, 4.69) is 5.32 Å². The molecule has 0 aliphatic carbocycles. The van der Waals surface area contributed by atoms with Gasteiger partial charge in [-0.2, -0.15) is 4.31 Å². The lowest BCUT2D eigenvalue weighted by atomic mass is 10.0. The van der Waals surface area contributed by atoms with Crippen LogP contribution >= 0.6 is 0 Å². The molecule has 0 unspecified atom stereocenters. The molecule has 0 radical (unpaired) electrons. The van der Waals surface area contributed by atoms with Gasteiger partial charge in [-0.25, -0.2) is 12.8 Å². The van der Waals surface area contributed by atoms with Gasteiger partial charge in [-0.05, 0) is 55.2 Å². The Bertz CT molecular complexity index is 975. The summed E-state index contributed by atoms with van der Waals surface area (Å²) in [5, 5.41) is 2.62. The van der Waals surface area contributed by atoms with Gasteiger partial charge >= 0.3 is 0 Å². The van der Waals surface area contributed by atoms with Crippen LogP contribution in [-0.4, -0.2) is 25.2 Å². The summed E-state index contributed by atoms with van der Waals surface area (Å²) in [6.45, 7) is 3.51. The minimum absolute atomic E-state index is 0.0750. The molecule has 1 saturated heterocycles. The Morgan fingerprint density at radius 2 is 1.93 bits per heavy atom. The Kier molecular flexibility index (Phi) is 6.15. The second-order valence-electron chi connectivity index (χ2n) is 7.22. The summed E-state index contributed by atoms with van der Waals surface area (Å²) in [5.74, 6) is -0.716. The van der Waals surface area contributed by atoms with Crippen molar-refractivity contribution in [2.75, 3.05) is 11.9 Å². The minimum Gasteiger partial charge on any atom is -0.325 e. The third-order valence-electron chi connectivity index (χ3n) is 4.97. The van der Waals surface area contributed by atoms with Gasteiger partial charge in [-0.15, -0.1) is 0 Å². The predicted octanol–water partition coefficient (Wildman–Crippen LogP) is 4.40. The standard InChI is InChI=1S/C21H25FN2O3S/c1-15-10-11-19(23-16(2)25)21(13-15)28(26,27)24-12-5-3-4-9-20(24)17-7-6-8-18(22)14-17/h6-8,10-11,13-14,20H,3-5,9,12H2,1-2H3,(H,23,25)/t20-/m0/s1. The first kappa shape index (κ1) is 20.5. The number of hydrogen-bond acceptors (Lipinski definition) is 3. The summed E-state index contributed by atoms with van der Waals surface area (Å²) in [7, 11) is -3.90. The van der Waals surface area contributed by atoms with Crippen molar-refractivity contribution in [1.82, 2.24) is 4.31 Å². The van der Waals surface area contributed by atoms with Crippen LogP contribution in [0.15, 0.2) is 47.4 Å².